The quantitative estimate of drug-likeness (QED) is 0.609. The molecular weight excluding hydrogens is 159 g/mol. The van der Waals surface area contributed by atoms with Crippen molar-refractivity contribution in [3.8, 4) is 0 Å². The van der Waals surface area contributed by atoms with Gasteiger partial charge in [-0.25, -0.2) is 9.18 Å². The first-order valence-corrected chi connectivity index (χ1v) is 3.55. The van der Waals surface area contributed by atoms with Crippen molar-refractivity contribution >= 4 is 11.0 Å². The van der Waals surface area contributed by atoms with Crippen LogP contribution in [0.5, 0.6) is 0 Å². The molecule has 0 aliphatic heterocycles. The lowest BCUT2D eigenvalue weighted by Crippen LogP contribution is -1.99. The predicted molar refractivity (Wildman–Crippen MR) is 43.6 cm³/mol. The molecule has 0 saturated carbocycles. The first-order chi connectivity index (χ1) is 5.68. The number of imidazole rings is 1. The summed E-state index contributed by atoms with van der Waals surface area (Å²) in [6.45, 7) is 1.65. The smallest absolute Gasteiger partial charge is 0.306 e. The summed E-state index contributed by atoms with van der Waals surface area (Å²) < 4.78 is 13.2. The largest absolute Gasteiger partial charge is 0.323 e. The summed E-state index contributed by atoms with van der Waals surface area (Å²) in [4.78, 5) is 15.6. The molecule has 0 spiro atoms. The van der Waals surface area contributed by atoms with E-state index in [1.54, 1.807) is 19.1 Å². The van der Waals surface area contributed by atoms with Crippen molar-refractivity contribution in [3.05, 3.63) is 34.0 Å². The lowest BCUT2D eigenvalue weighted by Gasteiger charge is -1.94. The number of nitrogens with one attached hydrogen (secondary N) is 2. The van der Waals surface area contributed by atoms with Crippen LogP contribution in [0.1, 0.15) is 5.56 Å². The van der Waals surface area contributed by atoms with Gasteiger partial charge in [0.1, 0.15) is 5.52 Å². The summed E-state index contributed by atoms with van der Waals surface area (Å²) in [5.74, 6) is -0.370. The summed E-state index contributed by atoms with van der Waals surface area (Å²) in [6, 6.07) is 3.30. The Labute approximate surface area is 67.2 Å². The minimum Gasteiger partial charge on any atom is -0.306 e. The van der Waals surface area contributed by atoms with E-state index < -0.39 is 0 Å². The van der Waals surface area contributed by atoms with Gasteiger partial charge in [0.15, 0.2) is 5.82 Å². The molecule has 62 valence electrons. The number of halogens is 1. The third-order valence-corrected chi connectivity index (χ3v) is 1.82. The number of fused-ring (bicyclic) bond motifs is 1. The SMILES string of the molecule is Cc1ccc2[nH]c(=O)[nH]c2c1F. The molecule has 0 aliphatic rings. The maximum Gasteiger partial charge on any atom is 0.323 e. The van der Waals surface area contributed by atoms with Gasteiger partial charge < -0.3 is 9.97 Å². The Morgan fingerprint density at radius 3 is 2.83 bits per heavy atom. The summed E-state index contributed by atoms with van der Waals surface area (Å²) in [5.41, 5.74) is 0.898. The molecule has 1 aromatic carbocycles. The summed E-state index contributed by atoms with van der Waals surface area (Å²) in [6.07, 6.45) is 0. The third-order valence-electron chi connectivity index (χ3n) is 1.82. The molecule has 0 saturated heterocycles. The molecule has 2 rings (SSSR count). The first kappa shape index (κ1) is 7.09. The second kappa shape index (κ2) is 2.20. The molecule has 0 fully saturated rings. The van der Waals surface area contributed by atoms with E-state index in [0.717, 1.165) is 0 Å². The Morgan fingerprint density at radius 2 is 2.08 bits per heavy atom. The van der Waals surface area contributed by atoms with Crippen LogP contribution in [0.2, 0.25) is 0 Å². The monoisotopic (exact) mass is 166 g/mol. The molecule has 1 heterocycles. The van der Waals surface area contributed by atoms with Crippen LogP contribution in [0.4, 0.5) is 4.39 Å². The standard InChI is InChI=1S/C8H7FN2O/c1-4-2-3-5-7(6(4)9)11-8(12)10-5/h2-3H,1H3,(H2,10,11,12). The van der Waals surface area contributed by atoms with E-state index in [-0.39, 0.29) is 17.0 Å². The molecule has 0 atom stereocenters. The Morgan fingerprint density at radius 1 is 1.33 bits per heavy atom. The van der Waals surface area contributed by atoms with Crippen molar-refractivity contribution in [1.82, 2.24) is 9.97 Å². The molecule has 12 heavy (non-hydrogen) atoms. The molecule has 0 unspecified atom stereocenters. The van der Waals surface area contributed by atoms with Gasteiger partial charge in [0.05, 0.1) is 5.52 Å². The van der Waals surface area contributed by atoms with E-state index in [1.807, 2.05) is 0 Å². The topological polar surface area (TPSA) is 48.6 Å². The van der Waals surface area contributed by atoms with Gasteiger partial charge in [-0.15, -0.1) is 0 Å². The van der Waals surface area contributed by atoms with Crippen molar-refractivity contribution in [2.75, 3.05) is 0 Å². The van der Waals surface area contributed by atoms with E-state index in [2.05, 4.69) is 9.97 Å². The second-order valence-corrected chi connectivity index (χ2v) is 2.70. The normalized spacial score (nSPS) is 10.8. The van der Waals surface area contributed by atoms with Crippen LogP contribution < -0.4 is 5.69 Å². The summed E-state index contributed by atoms with van der Waals surface area (Å²) >= 11 is 0. The number of aromatic amines is 2. The molecule has 3 nitrogen and oxygen atoms in total. The molecule has 0 amide bonds. The number of H-pyrrole nitrogens is 2. The molecule has 2 aromatic rings. The van der Waals surface area contributed by atoms with Crippen molar-refractivity contribution in [2.24, 2.45) is 0 Å². The maximum absolute atomic E-state index is 13.2. The van der Waals surface area contributed by atoms with Crippen molar-refractivity contribution in [1.29, 1.82) is 0 Å². The lowest BCUT2D eigenvalue weighted by molar-refractivity contribution is 0.628. The van der Waals surface area contributed by atoms with E-state index >= 15 is 0 Å². The Kier molecular flexibility index (Phi) is 1.30. The molecule has 0 aliphatic carbocycles. The van der Waals surface area contributed by atoms with Crippen LogP contribution in [0, 0.1) is 12.7 Å². The zero-order chi connectivity index (χ0) is 8.72. The van der Waals surface area contributed by atoms with Gasteiger partial charge in [0.2, 0.25) is 0 Å². The fourth-order valence-electron chi connectivity index (χ4n) is 1.17. The highest BCUT2D eigenvalue weighted by atomic mass is 19.1. The predicted octanol–water partition coefficient (Wildman–Crippen LogP) is 1.30. The van der Waals surface area contributed by atoms with Crippen LogP contribution in [0.25, 0.3) is 11.0 Å². The molecule has 0 radical (unpaired) electrons. The number of hydrogen-bond donors (Lipinski definition) is 2. The average Bonchev–Trinajstić information content (AvgIpc) is 2.39. The van der Waals surface area contributed by atoms with Gasteiger partial charge in [-0.3, -0.25) is 0 Å². The second-order valence-electron chi connectivity index (χ2n) is 2.70. The Hall–Kier alpha value is -1.58. The zero-order valence-electron chi connectivity index (χ0n) is 6.44. The van der Waals surface area contributed by atoms with Gasteiger partial charge in [-0.2, -0.15) is 0 Å². The van der Waals surface area contributed by atoms with Crippen LogP contribution in [-0.4, -0.2) is 9.97 Å². The van der Waals surface area contributed by atoms with Gasteiger partial charge in [-0.1, -0.05) is 6.07 Å². The van der Waals surface area contributed by atoms with Gasteiger partial charge in [0, 0.05) is 0 Å². The number of aryl methyl sites for hydroxylation is 1. The molecule has 1 aromatic heterocycles. The highest BCUT2D eigenvalue weighted by Crippen LogP contribution is 2.14. The minimum atomic E-state index is -0.380. The first-order valence-electron chi connectivity index (χ1n) is 3.55. The lowest BCUT2D eigenvalue weighted by atomic mass is 10.2. The summed E-state index contributed by atoms with van der Waals surface area (Å²) in [5, 5.41) is 0. The van der Waals surface area contributed by atoms with E-state index in [4.69, 9.17) is 0 Å². The van der Waals surface area contributed by atoms with Crippen LogP contribution in [0.15, 0.2) is 16.9 Å². The van der Waals surface area contributed by atoms with Gasteiger partial charge in [0.25, 0.3) is 0 Å². The maximum atomic E-state index is 13.2. The zero-order valence-corrected chi connectivity index (χ0v) is 6.44. The molecular formula is C8H7FN2O. The fraction of sp³-hybridized carbons (Fsp3) is 0.125. The van der Waals surface area contributed by atoms with Crippen molar-refractivity contribution in [3.63, 3.8) is 0 Å². The average molecular weight is 166 g/mol. The van der Waals surface area contributed by atoms with Crippen LogP contribution in [0.3, 0.4) is 0 Å². The number of aromatic nitrogens is 2. The van der Waals surface area contributed by atoms with E-state index in [0.29, 0.717) is 11.1 Å². The van der Waals surface area contributed by atoms with Crippen LogP contribution in [-0.2, 0) is 0 Å². The molecule has 0 bridgehead atoms. The van der Waals surface area contributed by atoms with Crippen LogP contribution >= 0.6 is 0 Å². The van der Waals surface area contributed by atoms with E-state index in [1.165, 1.54) is 0 Å². The summed E-state index contributed by atoms with van der Waals surface area (Å²) in [7, 11) is 0. The number of benzene rings is 1. The molecule has 2 N–H and O–H groups in total. The Balaban J connectivity index is 2.99. The van der Waals surface area contributed by atoms with Gasteiger partial charge in [-0.05, 0) is 18.6 Å². The highest BCUT2D eigenvalue weighted by Gasteiger charge is 2.05. The van der Waals surface area contributed by atoms with Gasteiger partial charge >= 0.3 is 5.69 Å². The molecule has 4 heteroatoms. The Bertz CT molecular complexity index is 483. The minimum absolute atomic E-state index is 0.250. The number of hydrogen-bond acceptors (Lipinski definition) is 1. The van der Waals surface area contributed by atoms with Crippen molar-refractivity contribution < 1.29 is 4.39 Å². The van der Waals surface area contributed by atoms with Crippen molar-refractivity contribution in [2.45, 2.75) is 6.92 Å². The highest BCUT2D eigenvalue weighted by molar-refractivity contribution is 5.75. The fourth-order valence-corrected chi connectivity index (χ4v) is 1.17. The van der Waals surface area contributed by atoms with E-state index in [9.17, 15) is 9.18 Å². The number of rotatable bonds is 0. The third kappa shape index (κ3) is 0.845.